The fraction of sp³-hybridized carbons (Fsp3) is 0.280. The Labute approximate surface area is 236 Å². The fourth-order valence-electron chi connectivity index (χ4n) is 4.66. The Bertz CT molecular complexity index is 1570. The molecule has 37 heavy (non-hydrogen) atoms. The minimum Gasteiger partial charge on any atom is -0.508 e. The van der Waals surface area contributed by atoms with Gasteiger partial charge in [0, 0.05) is 40.8 Å². The van der Waals surface area contributed by atoms with Crippen molar-refractivity contribution in [2.45, 2.75) is 28.1 Å². The summed E-state index contributed by atoms with van der Waals surface area (Å²) < 4.78 is 30.3. The Morgan fingerprint density at radius 1 is 1.05 bits per heavy atom. The predicted molar refractivity (Wildman–Crippen MR) is 151 cm³/mol. The second-order valence-electron chi connectivity index (χ2n) is 8.99. The summed E-state index contributed by atoms with van der Waals surface area (Å²) in [6, 6.07) is 12.5. The highest BCUT2D eigenvalue weighted by Gasteiger charge is 2.34. The standard InChI is InChI=1S/C25H24BrIN4O5S/c26-19-14-28-31-16(12-21(29-25(19)31)18-3-1-2-4-22(18)33)11-20(27)15-7-9-30(10-8-15)37(35,36)24-13-17(32)5-6-23(24)34/h1-6,12-15,20,32-34H,7-11H2. The van der Waals surface area contributed by atoms with Crippen LogP contribution in [0.4, 0.5) is 0 Å². The van der Waals surface area contributed by atoms with Crippen LogP contribution in [0.1, 0.15) is 18.5 Å². The number of aromatic hydroxyl groups is 3. The molecule has 194 valence electrons. The third-order valence-corrected chi connectivity index (χ3v) is 10.6. The van der Waals surface area contributed by atoms with Gasteiger partial charge in [-0.2, -0.15) is 9.40 Å². The minimum absolute atomic E-state index is 0.151. The number of phenols is 3. The van der Waals surface area contributed by atoms with E-state index in [2.05, 4.69) is 43.6 Å². The number of hydrogen-bond acceptors (Lipinski definition) is 7. The summed E-state index contributed by atoms with van der Waals surface area (Å²) in [4.78, 5) is 4.42. The highest BCUT2D eigenvalue weighted by atomic mass is 127. The lowest BCUT2D eigenvalue weighted by Crippen LogP contribution is -2.40. The van der Waals surface area contributed by atoms with Gasteiger partial charge in [-0.15, -0.1) is 0 Å². The van der Waals surface area contributed by atoms with Gasteiger partial charge in [-0.1, -0.05) is 34.7 Å². The van der Waals surface area contributed by atoms with Gasteiger partial charge in [-0.05, 0) is 65.0 Å². The SMILES string of the molecule is O=S(=O)(c1cc(O)ccc1O)N1CCC(C(I)Cc2cc(-c3ccccc3O)nc3c(Br)cnn23)CC1. The first kappa shape index (κ1) is 26.2. The molecule has 0 spiro atoms. The highest BCUT2D eigenvalue weighted by Crippen LogP contribution is 2.35. The number of sulfonamides is 1. The molecule has 4 aromatic rings. The Morgan fingerprint density at radius 3 is 2.51 bits per heavy atom. The van der Waals surface area contributed by atoms with Gasteiger partial charge in [0.15, 0.2) is 5.65 Å². The Balaban J connectivity index is 1.35. The number of fused-ring (bicyclic) bond motifs is 1. The van der Waals surface area contributed by atoms with E-state index in [1.54, 1.807) is 22.8 Å². The predicted octanol–water partition coefficient (Wildman–Crippen LogP) is 4.72. The van der Waals surface area contributed by atoms with E-state index in [0.29, 0.717) is 49.3 Å². The fourth-order valence-corrected chi connectivity index (χ4v) is 7.75. The Hall–Kier alpha value is -2.42. The van der Waals surface area contributed by atoms with E-state index in [-0.39, 0.29) is 32.0 Å². The van der Waals surface area contributed by atoms with Gasteiger partial charge >= 0.3 is 0 Å². The molecule has 1 fully saturated rings. The molecule has 0 radical (unpaired) electrons. The molecule has 12 heteroatoms. The molecule has 3 N–H and O–H groups in total. The van der Waals surface area contributed by atoms with Gasteiger partial charge in [0.2, 0.25) is 10.0 Å². The molecule has 0 amide bonds. The number of benzene rings is 2. The average molecular weight is 699 g/mol. The van der Waals surface area contributed by atoms with Crippen molar-refractivity contribution in [3.63, 3.8) is 0 Å². The molecule has 2 aromatic carbocycles. The van der Waals surface area contributed by atoms with Crippen LogP contribution in [0.25, 0.3) is 16.9 Å². The van der Waals surface area contributed by atoms with Crippen molar-refractivity contribution in [1.29, 1.82) is 0 Å². The summed E-state index contributed by atoms with van der Waals surface area (Å²) in [5.41, 5.74) is 2.88. The second-order valence-corrected chi connectivity index (χ2v) is 13.4. The lowest BCUT2D eigenvalue weighted by Gasteiger charge is -2.33. The van der Waals surface area contributed by atoms with Gasteiger partial charge in [0.05, 0.1) is 16.4 Å². The van der Waals surface area contributed by atoms with Crippen LogP contribution in [0.15, 0.2) is 64.1 Å². The summed E-state index contributed by atoms with van der Waals surface area (Å²) in [6.45, 7) is 0.646. The maximum Gasteiger partial charge on any atom is 0.246 e. The largest absolute Gasteiger partial charge is 0.508 e. The van der Waals surface area contributed by atoms with Crippen molar-refractivity contribution in [3.05, 3.63) is 64.9 Å². The summed E-state index contributed by atoms with van der Waals surface area (Å²) >= 11 is 5.94. The molecule has 0 aliphatic carbocycles. The first-order valence-corrected chi connectivity index (χ1v) is 15.1. The summed E-state index contributed by atoms with van der Waals surface area (Å²) in [7, 11) is -3.92. The molecule has 1 saturated heterocycles. The molecular formula is C25H24BrIN4O5S. The van der Waals surface area contributed by atoms with Crippen molar-refractivity contribution in [2.75, 3.05) is 13.1 Å². The molecule has 0 saturated carbocycles. The van der Waals surface area contributed by atoms with Crippen LogP contribution in [0, 0.1) is 5.92 Å². The van der Waals surface area contributed by atoms with Gasteiger partial charge in [-0.25, -0.2) is 17.9 Å². The van der Waals surface area contributed by atoms with Crippen LogP contribution in [0.2, 0.25) is 0 Å². The van der Waals surface area contributed by atoms with Crippen LogP contribution in [0.3, 0.4) is 0 Å². The Kier molecular flexibility index (Phi) is 7.35. The number of aromatic nitrogens is 3. The van der Waals surface area contributed by atoms with Crippen LogP contribution < -0.4 is 0 Å². The zero-order chi connectivity index (χ0) is 26.3. The van der Waals surface area contributed by atoms with E-state index < -0.39 is 10.0 Å². The number of piperidine rings is 1. The number of alkyl halides is 1. The normalized spacial score (nSPS) is 16.3. The third-order valence-electron chi connectivity index (χ3n) is 6.66. The topological polar surface area (TPSA) is 128 Å². The molecule has 1 aliphatic rings. The van der Waals surface area contributed by atoms with E-state index in [4.69, 9.17) is 4.98 Å². The van der Waals surface area contributed by atoms with Crippen molar-refractivity contribution in [3.8, 4) is 28.5 Å². The van der Waals surface area contributed by atoms with Gasteiger partial charge in [-0.3, -0.25) is 0 Å². The molecule has 2 aromatic heterocycles. The van der Waals surface area contributed by atoms with Crippen molar-refractivity contribution in [1.82, 2.24) is 18.9 Å². The first-order valence-electron chi connectivity index (χ1n) is 11.6. The van der Waals surface area contributed by atoms with E-state index in [0.717, 1.165) is 16.2 Å². The summed E-state index contributed by atoms with van der Waals surface area (Å²) in [5.74, 6) is -0.173. The summed E-state index contributed by atoms with van der Waals surface area (Å²) in [5, 5.41) is 34.6. The number of phenolic OH excluding ortho intramolecular Hbond substituents is 3. The van der Waals surface area contributed by atoms with Gasteiger partial charge < -0.3 is 15.3 Å². The minimum atomic E-state index is -3.92. The number of hydrogen-bond donors (Lipinski definition) is 3. The zero-order valence-corrected chi connectivity index (χ0v) is 24.1. The van der Waals surface area contributed by atoms with E-state index >= 15 is 0 Å². The molecule has 5 rings (SSSR count). The van der Waals surface area contributed by atoms with E-state index in [9.17, 15) is 23.7 Å². The second kappa shape index (κ2) is 10.4. The maximum atomic E-state index is 13.1. The third kappa shape index (κ3) is 5.16. The molecule has 0 bridgehead atoms. The van der Waals surface area contributed by atoms with Crippen molar-refractivity contribution < 1.29 is 23.7 Å². The lowest BCUT2D eigenvalue weighted by molar-refractivity contribution is 0.271. The quantitative estimate of drug-likeness (QED) is 0.151. The van der Waals surface area contributed by atoms with Crippen LogP contribution in [-0.4, -0.2) is 59.7 Å². The number of nitrogens with zero attached hydrogens (tertiary/aromatic N) is 4. The summed E-state index contributed by atoms with van der Waals surface area (Å²) in [6.07, 6.45) is 3.70. The van der Waals surface area contributed by atoms with Crippen LogP contribution in [0.5, 0.6) is 17.2 Å². The van der Waals surface area contributed by atoms with Gasteiger partial charge in [0.25, 0.3) is 0 Å². The van der Waals surface area contributed by atoms with E-state index in [1.165, 1.54) is 16.4 Å². The zero-order valence-electron chi connectivity index (χ0n) is 19.5. The molecule has 1 unspecified atom stereocenters. The molecule has 3 heterocycles. The number of rotatable bonds is 6. The number of halogens is 2. The Morgan fingerprint density at radius 2 is 1.78 bits per heavy atom. The molecule has 1 aliphatic heterocycles. The monoisotopic (exact) mass is 698 g/mol. The average Bonchev–Trinajstić information content (AvgIpc) is 3.26. The first-order chi connectivity index (χ1) is 17.6. The van der Waals surface area contributed by atoms with E-state index in [1.807, 2.05) is 18.2 Å². The molecule has 9 nitrogen and oxygen atoms in total. The van der Waals surface area contributed by atoms with Crippen LogP contribution in [-0.2, 0) is 16.4 Å². The smallest absolute Gasteiger partial charge is 0.246 e. The van der Waals surface area contributed by atoms with Gasteiger partial charge in [0.1, 0.15) is 22.1 Å². The lowest BCUT2D eigenvalue weighted by atomic mass is 9.92. The highest BCUT2D eigenvalue weighted by molar-refractivity contribution is 14.1. The molecule has 1 atom stereocenters. The van der Waals surface area contributed by atoms with Crippen molar-refractivity contribution >= 4 is 54.2 Å². The number of para-hydroxylation sites is 1. The maximum absolute atomic E-state index is 13.1. The van der Waals surface area contributed by atoms with Crippen molar-refractivity contribution in [2.24, 2.45) is 5.92 Å². The molecular weight excluding hydrogens is 675 g/mol. The van der Waals surface area contributed by atoms with Crippen LogP contribution >= 0.6 is 38.5 Å².